The minimum absolute atomic E-state index is 0.0663. The Labute approximate surface area is 96.3 Å². The molecule has 16 heavy (non-hydrogen) atoms. The molecule has 0 spiro atoms. The highest BCUT2D eigenvalue weighted by Gasteiger charge is 2.37. The Bertz CT molecular complexity index is 324. The van der Waals surface area contributed by atoms with Crippen molar-refractivity contribution in [1.29, 1.82) is 0 Å². The molecule has 2 unspecified atom stereocenters. The summed E-state index contributed by atoms with van der Waals surface area (Å²) in [7, 11) is -2.94. The van der Waals surface area contributed by atoms with Crippen LogP contribution in [0.25, 0.3) is 0 Å². The van der Waals surface area contributed by atoms with Crippen molar-refractivity contribution < 1.29 is 18.3 Å². The van der Waals surface area contributed by atoms with Gasteiger partial charge in [0, 0.05) is 6.04 Å². The van der Waals surface area contributed by atoms with E-state index in [9.17, 15) is 8.42 Å². The van der Waals surface area contributed by atoms with Crippen LogP contribution in [0.5, 0.6) is 0 Å². The van der Waals surface area contributed by atoms with Crippen LogP contribution in [0.15, 0.2) is 0 Å². The van der Waals surface area contributed by atoms with E-state index in [1.165, 1.54) is 0 Å². The van der Waals surface area contributed by atoms with E-state index in [4.69, 9.17) is 9.90 Å². The van der Waals surface area contributed by atoms with Gasteiger partial charge in [-0.05, 0) is 38.0 Å². The average molecular weight is 249 g/mol. The zero-order chi connectivity index (χ0) is 12.2. The van der Waals surface area contributed by atoms with Gasteiger partial charge in [0.05, 0.1) is 5.25 Å². The van der Waals surface area contributed by atoms with E-state index in [-0.39, 0.29) is 17.8 Å². The summed E-state index contributed by atoms with van der Waals surface area (Å²) in [6.07, 6.45) is 4.92. The van der Waals surface area contributed by atoms with E-state index >= 15 is 0 Å². The van der Waals surface area contributed by atoms with Crippen molar-refractivity contribution in [1.82, 2.24) is 4.72 Å². The molecule has 2 rings (SSSR count). The molecular weight excluding hydrogens is 230 g/mol. The van der Waals surface area contributed by atoms with Crippen molar-refractivity contribution in [2.75, 3.05) is 0 Å². The van der Waals surface area contributed by atoms with Crippen molar-refractivity contribution >= 4 is 16.5 Å². The van der Waals surface area contributed by atoms with Crippen LogP contribution in [0, 0.1) is 5.92 Å². The van der Waals surface area contributed by atoms with Crippen LogP contribution in [0.1, 0.15) is 39.0 Å². The van der Waals surface area contributed by atoms with Crippen molar-refractivity contribution in [2.45, 2.75) is 50.3 Å². The molecule has 2 aliphatic carbocycles. The molecule has 2 N–H and O–H groups in total. The van der Waals surface area contributed by atoms with Crippen LogP contribution < -0.4 is 4.72 Å². The third-order valence-electron chi connectivity index (χ3n) is 2.99. The monoisotopic (exact) mass is 249 g/mol. The molecule has 0 amide bonds. The predicted molar refractivity (Wildman–Crippen MR) is 60.6 cm³/mol. The normalized spacial score (nSPS) is 29.3. The van der Waals surface area contributed by atoms with Gasteiger partial charge in [-0.3, -0.25) is 4.79 Å². The van der Waals surface area contributed by atoms with Gasteiger partial charge < -0.3 is 5.11 Å². The van der Waals surface area contributed by atoms with Crippen molar-refractivity contribution in [3.63, 3.8) is 0 Å². The maximum absolute atomic E-state index is 11.5. The molecule has 94 valence electrons. The minimum atomic E-state index is -2.94. The lowest BCUT2D eigenvalue weighted by atomic mass is 10.1. The number of nitrogens with one attached hydrogen (secondary N) is 1. The minimum Gasteiger partial charge on any atom is -0.483 e. The van der Waals surface area contributed by atoms with Crippen LogP contribution in [-0.4, -0.2) is 31.3 Å². The number of rotatable bonds is 3. The summed E-state index contributed by atoms with van der Waals surface area (Å²) in [6, 6.07) is 0.223. The van der Waals surface area contributed by atoms with E-state index in [0.29, 0.717) is 5.92 Å². The molecule has 0 heterocycles. The summed E-state index contributed by atoms with van der Waals surface area (Å²) < 4.78 is 25.9. The van der Waals surface area contributed by atoms with E-state index < -0.39 is 10.0 Å². The number of carboxylic acid groups (broad SMARTS) is 1. The third-order valence-corrected chi connectivity index (χ3v) is 5.00. The first kappa shape index (κ1) is 13.4. The fraction of sp³-hybridized carbons (Fsp3) is 0.900. The summed E-state index contributed by atoms with van der Waals surface area (Å²) in [5.74, 6) is 0.687. The van der Waals surface area contributed by atoms with Crippen molar-refractivity contribution in [2.24, 2.45) is 5.92 Å². The summed E-state index contributed by atoms with van der Waals surface area (Å²) in [5, 5.41) is 6.82. The molecule has 0 aromatic rings. The highest BCUT2D eigenvalue weighted by molar-refractivity contribution is 7.90. The largest absolute Gasteiger partial charge is 0.483 e. The Hall–Kier alpha value is -0.620. The smallest absolute Gasteiger partial charge is 0.290 e. The van der Waals surface area contributed by atoms with E-state index in [0.717, 1.165) is 32.1 Å². The zero-order valence-corrected chi connectivity index (χ0v) is 10.2. The molecule has 0 aromatic carbocycles. The summed E-state index contributed by atoms with van der Waals surface area (Å²) in [5.41, 5.74) is 0. The van der Waals surface area contributed by atoms with Gasteiger partial charge >= 0.3 is 0 Å². The van der Waals surface area contributed by atoms with Gasteiger partial charge in [0.15, 0.2) is 0 Å². The lowest BCUT2D eigenvalue weighted by Crippen LogP contribution is -2.35. The second kappa shape index (κ2) is 5.63. The topological polar surface area (TPSA) is 83.5 Å². The van der Waals surface area contributed by atoms with Gasteiger partial charge in [-0.15, -0.1) is 0 Å². The van der Waals surface area contributed by atoms with Gasteiger partial charge in [-0.25, -0.2) is 13.1 Å². The Morgan fingerprint density at radius 2 is 1.81 bits per heavy atom. The fourth-order valence-corrected chi connectivity index (χ4v) is 3.65. The number of hydrogen-bond acceptors (Lipinski definition) is 3. The maximum Gasteiger partial charge on any atom is 0.290 e. The van der Waals surface area contributed by atoms with Crippen LogP contribution in [0.4, 0.5) is 0 Å². The molecular formula is C10H19NO4S. The highest BCUT2D eigenvalue weighted by atomic mass is 32.2. The molecule has 2 saturated carbocycles. The van der Waals surface area contributed by atoms with Gasteiger partial charge in [-0.1, -0.05) is 6.92 Å². The first-order valence-corrected chi connectivity index (χ1v) is 7.13. The highest BCUT2D eigenvalue weighted by Crippen LogP contribution is 2.30. The van der Waals surface area contributed by atoms with E-state index in [1.54, 1.807) is 0 Å². The van der Waals surface area contributed by atoms with E-state index in [2.05, 4.69) is 11.6 Å². The summed E-state index contributed by atoms with van der Waals surface area (Å²) >= 11 is 0. The maximum atomic E-state index is 11.5. The lowest BCUT2D eigenvalue weighted by Gasteiger charge is -2.11. The van der Waals surface area contributed by atoms with Crippen LogP contribution >= 0.6 is 0 Å². The molecule has 0 bridgehead atoms. The zero-order valence-electron chi connectivity index (χ0n) is 9.43. The fourth-order valence-electron chi connectivity index (χ4n) is 2.02. The summed E-state index contributed by atoms with van der Waals surface area (Å²) in [4.78, 5) is 8.36. The second-order valence-electron chi connectivity index (χ2n) is 4.58. The average Bonchev–Trinajstić information content (AvgIpc) is 2.94. The molecule has 6 heteroatoms. The Morgan fingerprint density at radius 1 is 1.25 bits per heavy atom. The van der Waals surface area contributed by atoms with Crippen LogP contribution in [0.3, 0.4) is 0 Å². The van der Waals surface area contributed by atoms with Gasteiger partial charge in [0.1, 0.15) is 0 Å². The SMILES string of the molecule is CC1CCC(NS(=O)(=O)C2CC2)C1.O=CO. The number of hydrogen-bond donors (Lipinski definition) is 2. The Balaban J connectivity index is 0.000000386. The Morgan fingerprint density at radius 3 is 2.19 bits per heavy atom. The van der Waals surface area contributed by atoms with Gasteiger partial charge in [-0.2, -0.15) is 0 Å². The second-order valence-corrected chi connectivity index (χ2v) is 6.58. The van der Waals surface area contributed by atoms with Gasteiger partial charge in [0.25, 0.3) is 6.47 Å². The summed E-state index contributed by atoms with van der Waals surface area (Å²) in [6.45, 7) is 1.94. The molecule has 2 aliphatic rings. The molecule has 5 nitrogen and oxygen atoms in total. The molecule has 2 atom stereocenters. The van der Waals surface area contributed by atoms with Crippen LogP contribution in [0.2, 0.25) is 0 Å². The third kappa shape index (κ3) is 4.09. The molecule has 0 aliphatic heterocycles. The lowest BCUT2D eigenvalue weighted by molar-refractivity contribution is -0.122. The molecule has 2 fully saturated rings. The quantitative estimate of drug-likeness (QED) is 0.730. The predicted octanol–water partition coefficient (Wildman–Crippen LogP) is 0.958. The number of carbonyl (C=O) groups is 1. The first-order valence-electron chi connectivity index (χ1n) is 5.58. The molecule has 0 saturated heterocycles. The van der Waals surface area contributed by atoms with Gasteiger partial charge in [0.2, 0.25) is 10.0 Å². The first-order chi connectivity index (χ1) is 7.49. The van der Waals surface area contributed by atoms with Crippen molar-refractivity contribution in [3.05, 3.63) is 0 Å². The standard InChI is InChI=1S/C9H17NO2S.CH2O2/c1-7-2-3-8(6-7)10-13(11,12)9-4-5-9;2-1-3/h7-10H,2-6H2,1H3;1H,(H,2,3). The van der Waals surface area contributed by atoms with E-state index in [1.807, 2.05) is 0 Å². The van der Waals surface area contributed by atoms with Crippen LogP contribution in [-0.2, 0) is 14.8 Å². The number of sulfonamides is 1. The van der Waals surface area contributed by atoms with Crippen molar-refractivity contribution in [3.8, 4) is 0 Å². The molecule has 0 aromatic heterocycles. The Kier molecular flexibility index (Phi) is 4.73. The molecule has 0 radical (unpaired) electrons.